The molecule has 1 aromatic carbocycles. The first-order valence-corrected chi connectivity index (χ1v) is 5.46. The zero-order chi connectivity index (χ0) is 11.7. The lowest BCUT2D eigenvalue weighted by atomic mass is 10.0. The van der Waals surface area contributed by atoms with Crippen LogP contribution in [0.25, 0.3) is 0 Å². The van der Waals surface area contributed by atoms with Crippen LogP contribution in [0, 0.1) is 11.7 Å². The number of hydrogen-bond acceptors (Lipinski definition) is 2. The number of hydrogen-bond donors (Lipinski definition) is 0. The fourth-order valence-corrected chi connectivity index (χ4v) is 1.79. The van der Waals surface area contributed by atoms with Crippen molar-refractivity contribution in [2.45, 2.75) is 19.3 Å². The van der Waals surface area contributed by atoms with Crippen molar-refractivity contribution >= 4 is 23.2 Å². The first-order chi connectivity index (χ1) is 7.58. The Morgan fingerprint density at radius 2 is 2.06 bits per heavy atom. The molecular weight excluding hydrogens is 231 g/mol. The predicted octanol–water partition coefficient (Wildman–Crippen LogP) is 3.03. The first-order valence-electron chi connectivity index (χ1n) is 5.09. The van der Waals surface area contributed by atoms with Gasteiger partial charge in [-0.1, -0.05) is 11.6 Å². The molecule has 1 aliphatic rings. The normalized spacial score (nSPS) is 14.9. The monoisotopic (exact) mass is 240 g/mol. The van der Waals surface area contributed by atoms with Crippen LogP contribution in [-0.2, 0) is 4.79 Å². The van der Waals surface area contributed by atoms with Crippen molar-refractivity contribution < 1.29 is 14.0 Å². The predicted molar refractivity (Wildman–Crippen MR) is 58.1 cm³/mol. The van der Waals surface area contributed by atoms with Gasteiger partial charge in [-0.3, -0.25) is 9.59 Å². The van der Waals surface area contributed by atoms with Crippen LogP contribution < -0.4 is 0 Å². The lowest BCUT2D eigenvalue weighted by molar-refractivity contribution is -0.119. The van der Waals surface area contributed by atoms with E-state index in [2.05, 4.69) is 0 Å². The number of halogens is 2. The molecule has 0 saturated heterocycles. The van der Waals surface area contributed by atoms with E-state index >= 15 is 0 Å². The molecule has 0 radical (unpaired) electrons. The Labute approximate surface area is 97.4 Å². The molecule has 1 aliphatic carbocycles. The summed E-state index contributed by atoms with van der Waals surface area (Å²) in [6, 6.07) is 3.57. The molecule has 16 heavy (non-hydrogen) atoms. The molecule has 4 heteroatoms. The van der Waals surface area contributed by atoms with Crippen LogP contribution in [-0.4, -0.2) is 11.6 Å². The van der Waals surface area contributed by atoms with Crippen molar-refractivity contribution in [3.63, 3.8) is 0 Å². The van der Waals surface area contributed by atoms with Gasteiger partial charge in [0, 0.05) is 11.5 Å². The summed E-state index contributed by atoms with van der Waals surface area (Å²) in [5.41, 5.74) is 0.220. The summed E-state index contributed by atoms with van der Waals surface area (Å²) >= 11 is 5.73. The Kier molecular flexibility index (Phi) is 3.06. The molecule has 1 fully saturated rings. The third kappa shape index (κ3) is 2.47. The molecule has 2 nitrogen and oxygen atoms in total. The van der Waals surface area contributed by atoms with Crippen LogP contribution in [0.5, 0.6) is 0 Å². The van der Waals surface area contributed by atoms with Crippen molar-refractivity contribution in [2.24, 2.45) is 5.92 Å². The quantitative estimate of drug-likeness (QED) is 0.599. The van der Waals surface area contributed by atoms with Crippen LogP contribution in [0.1, 0.15) is 29.6 Å². The number of carbonyl (C=O) groups excluding carboxylic acids is 2. The van der Waals surface area contributed by atoms with E-state index in [1.165, 1.54) is 12.1 Å². The highest BCUT2D eigenvalue weighted by Crippen LogP contribution is 2.31. The minimum Gasteiger partial charge on any atom is -0.299 e. The zero-order valence-corrected chi connectivity index (χ0v) is 9.26. The lowest BCUT2D eigenvalue weighted by Gasteiger charge is -2.02. The Bertz CT molecular complexity index is 452. The van der Waals surface area contributed by atoms with Gasteiger partial charge in [-0.2, -0.15) is 0 Å². The van der Waals surface area contributed by atoms with Gasteiger partial charge < -0.3 is 0 Å². The first kappa shape index (κ1) is 11.3. The van der Waals surface area contributed by atoms with E-state index in [4.69, 9.17) is 11.6 Å². The molecule has 0 spiro atoms. The second-order valence-electron chi connectivity index (χ2n) is 3.96. The van der Waals surface area contributed by atoms with Crippen LogP contribution in [0.15, 0.2) is 18.2 Å². The van der Waals surface area contributed by atoms with E-state index in [0.717, 1.165) is 18.9 Å². The largest absolute Gasteiger partial charge is 0.299 e. The molecule has 0 bridgehead atoms. The summed E-state index contributed by atoms with van der Waals surface area (Å²) in [5.74, 6) is -0.800. The molecule has 1 aromatic rings. The second-order valence-corrected chi connectivity index (χ2v) is 4.37. The van der Waals surface area contributed by atoms with Gasteiger partial charge in [-0.15, -0.1) is 0 Å². The highest BCUT2D eigenvalue weighted by molar-refractivity contribution is 6.34. The summed E-state index contributed by atoms with van der Waals surface area (Å²) < 4.78 is 12.7. The van der Waals surface area contributed by atoms with Crippen molar-refractivity contribution in [3.8, 4) is 0 Å². The standard InChI is InChI=1S/C12H10ClFO2/c13-10-5-8(14)3-4-9(10)12(16)6-11(15)7-1-2-7/h3-5,7H,1-2,6H2. The van der Waals surface area contributed by atoms with Crippen molar-refractivity contribution in [2.75, 3.05) is 0 Å². The number of ketones is 2. The summed E-state index contributed by atoms with van der Waals surface area (Å²) in [6.45, 7) is 0. The number of carbonyl (C=O) groups is 2. The van der Waals surface area contributed by atoms with Crippen molar-refractivity contribution in [1.82, 2.24) is 0 Å². The molecule has 1 saturated carbocycles. The Hall–Kier alpha value is -1.22. The van der Waals surface area contributed by atoms with Crippen LogP contribution in [0.4, 0.5) is 4.39 Å². The van der Waals surface area contributed by atoms with Gasteiger partial charge in [0.1, 0.15) is 11.6 Å². The summed E-state index contributed by atoms with van der Waals surface area (Å²) in [7, 11) is 0. The number of Topliss-reactive ketones (excluding diaryl/α,β-unsaturated/α-hetero) is 2. The SMILES string of the molecule is O=C(CC(=O)C1CC1)c1ccc(F)cc1Cl. The minimum absolute atomic E-state index is 0.0367. The maximum atomic E-state index is 12.7. The van der Waals surface area contributed by atoms with E-state index in [-0.39, 0.29) is 34.5 Å². The summed E-state index contributed by atoms with van der Waals surface area (Å²) in [4.78, 5) is 23.1. The maximum absolute atomic E-state index is 12.7. The highest BCUT2D eigenvalue weighted by atomic mass is 35.5. The molecule has 0 aromatic heterocycles. The van der Waals surface area contributed by atoms with E-state index in [0.29, 0.717) is 0 Å². The fraction of sp³-hybridized carbons (Fsp3) is 0.333. The molecule has 2 rings (SSSR count). The van der Waals surface area contributed by atoms with Gasteiger partial charge >= 0.3 is 0 Å². The topological polar surface area (TPSA) is 34.1 Å². The lowest BCUT2D eigenvalue weighted by Crippen LogP contribution is -2.10. The average Bonchev–Trinajstić information content (AvgIpc) is 2.99. The molecule has 0 unspecified atom stereocenters. The Morgan fingerprint density at radius 3 is 2.62 bits per heavy atom. The average molecular weight is 241 g/mol. The van der Waals surface area contributed by atoms with Gasteiger partial charge in [0.25, 0.3) is 0 Å². The molecule has 0 amide bonds. The minimum atomic E-state index is -0.491. The zero-order valence-electron chi connectivity index (χ0n) is 8.50. The molecule has 0 atom stereocenters. The molecular formula is C12H10ClFO2. The maximum Gasteiger partial charge on any atom is 0.171 e. The molecule has 84 valence electrons. The summed E-state index contributed by atoms with van der Waals surface area (Å²) in [5, 5.41) is 0.0635. The summed E-state index contributed by atoms with van der Waals surface area (Å²) in [6.07, 6.45) is 1.63. The molecule has 0 aliphatic heterocycles. The van der Waals surface area contributed by atoms with Crippen LogP contribution in [0.3, 0.4) is 0 Å². The fourth-order valence-electron chi connectivity index (χ4n) is 1.52. The third-order valence-corrected chi connectivity index (χ3v) is 2.91. The van der Waals surface area contributed by atoms with E-state index < -0.39 is 5.82 Å². The second kappa shape index (κ2) is 4.34. The van der Waals surface area contributed by atoms with Gasteiger partial charge in [-0.05, 0) is 31.0 Å². The van der Waals surface area contributed by atoms with Crippen LogP contribution in [0.2, 0.25) is 5.02 Å². The van der Waals surface area contributed by atoms with Crippen molar-refractivity contribution in [1.29, 1.82) is 0 Å². The number of rotatable bonds is 4. The highest BCUT2D eigenvalue weighted by Gasteiger charge is 2.31. The van der Waals surface area contributed by atoms with Gasteiger partial charge in [0.2, 0.25) is 0 Å². The number of benzene rings is 1. The molecule has 0 heterocycles. The Morgan fingerprint density at radius 1 is 1.38 bits per heavy atom. The third-order valence-electron chi connectivity index (χ3n) is 2.60. The van der Waals surface area contributed by atoms with E-state index in [1.54, 1.807) is 0 Å². The van der Waals surface area contributed by atoms with Crippen molar-refractivity contribution in [3.05, 3.63) is 34.6 Å². The molecule has 0 N–H and O–H groups in total. The smallest absolute Gasteiger partial charge is 0.171 e. The van der Waals surface area contributed by atoms with Gasteiger partial charge in [0.15, 0.2) is 5.78 Å². The van der Waals surface area contributed by atoms with E-state index in [9.17, 15) is 14.0 Å². The van der Waals surface area contributed by atoms with Crippen LogP contribution >= 0.6 is 11.6 Å². The van der Waals surface area contributed by atoms with Gasteiger partial charge in [0.05, 0.1) is 11.4 Å². The van der Waals surface area contributed by atoms with Gasteiger partial charge in [-0.25, -0.2) is 4.39 Å². The van der Waals surface area contributed by atoms with E-state index in [1.807, 2.05) is 0 Å². The Balaban J connectivity index is 2.10.